The normalized spacial score (nSPS) is 9.23. The fourth-order valence-corrected chi connectivity index (χ4v) is 0.793. The van der Waals surface area contributed by atoms with Crippen LogP contribution in [0.15, 0.2) is 37.2 Å². The molecule has 1 aromatic rings. The summed E-state index contributed by atoms with van der Waals surface area (Å²) in [6.45, 7) is 3.55. The monoisotopic (exact) mass is 179 g/mol. The van der Waals surface area contributed by atoms with Crippen molar-refractivity contribution in [2.75, 3.05) is 6.61 Å². The number of rotatable bonds is 3. The van der Waals surface area contributed by atoms with Crippen molar-refractivity contribution >= 4 is 5.97 Å². The van der Waals surface area contributed by atoms with E-state index in [1.807, 2.05) is 0 Å². The summed E-state index contributed by atoms with van der Waals surface area (Å²) in [5.41, 5.74) is 0.236. The molecule has 0 saturated carbocycles. The van der Waals surface area contributed by atoms with Gasteiger partial charge in [0.2, 0.25) is 0 Å². The Morgan fingerprint density at radius 1 is 1.77 bits per heavy atom. The Kier molecular flexibility index (Phi) is 3.03. The van der Waals surface area contributed by atoms with Gasteiger partial charge in [-0.05, 0) is 6.07 Å². The molecule has 0 unspecified atom stereocenters. The molecular weight excluding hydrogens is 170 g/mol. The molecule has 4 heteroatoms. The molecule has 0 saturated heterocycles. The van der Waals surface area contributed by atoms with E-state index in [-0.39, 0.29) is 12.2 Å². The quantitative estimate of drug-likeness (QED) is 0.296. The number of pyridine rings is 1. The second kappa shape index (κ2) is 4.25. The molecule has 0 amide bonds. The lowest BCUT2D eigenvalue weighted by Crippen LogP contribution is -2.26. The zero-order chi connectivity index (χ0) is 9.68. The van der Waals surface area contributed by atoms with Gasteiger partial charge >= 0.3 is 5.97 Å². The summed E-state index contributed by atoms with van der Waals surface area (Å²) in [6.07, 6.45) is 3.92. The first-order valence-corrected chi connectivity index (χ1v) is 3.71. The fraction of sp³-hybridized carbons (Fsp3) is 0.111. The Morgan fingerprint density at radius 3 is 3.15 bits per heavy atom. The van der Waals surface area contributed by atoms with Crippen LogP contribution in [-0.2, 0) is 4.74 Å². The van der Waals surface area contributed by atoms with Crippen LogP contribution in [0.3, 0.4) is 0 Å². The average Bonchev–Trinajstić information content (AvgIpc) is 2.14. The largest absolute Gasteiger partial charge is 0.619 e. The van der Waals surface area contributed by atoms with Gasteiger partial charge in [0.05, 0.1) is 0 Å². The number of esters is 1. The smallest absolute Gasteiger partial charge is 0.344 e. The number of hydrogen-bond donors (Lipinski definition) is 0. The van der Waals surface area contributed by atoms with Gasteiger partial charge in [-0.1, -0.05) is 12.7 Å². The van der Waals surface area contributed by atoms with Crippen LogP contribution in [0.25, 0.3) is 0 Å². The first kappa shape index (κ1) is 9.25. The molecule has 4 nitrogen and oxygen atoms in total. The minimum Gasteiger partial charge on any atom is -0.619 e. The van der Waals surface area contributed by atoms with E-state index in [2.05, 4.69) is 6.58 Å². The topological polar surface area (TPSA) is 53.2 Å². The van der Waals surface area contributed by atoms with E-state index in [0.717, 1.165) is 6.20 Å². The van der Waals surface area contributed by atoms with Crippen LogP contribution < -0.4 is 4.73 Å². The number of carbonyl (C=O) groups excluding carboxylic acids is 1. The molecule has 68 valence electrons. The van der Waals surface area contributed by atoms with Crippen LogP contribution >= 0.6 is 0 Å². The lowest BCUT2D eigenvalue weighted by molar-refractivity contribution is -0.605. The number of hydrogen-bond acceptors (Lipinski definition) is 3. The molecule has 0 N–H and O–H groups in total. The van der Waals surface area contributed by atoms with E-state index >= 15 is 0 Å². The molecule has 0 spiro atoms. The Morgan fingerprint density at radius 2 is 2.54 bits per heavy atom. The van der Waals surface area contributed by atoms with Crippen molar-refractivity contribution in [3.63, 3.8) is 0 Å². The summed E-state index contributed by atoms with van der Waals surface area (Å²) in [4.78, 5) is 11.1. The van der Waals surface area contributed by atoms with E-state index in [9.17, 15) is 10.0 Å². The summed E-state index contributed by atoms with van der Waals surface area (Å²) >= 11 is 0. The van der Waals surface area contributed by atoms with Gasteiger partial charge < -0.3 is 9.94 Å². The SMILES string of the molecule is C=CCOC(=O)c1ccc[n+]([O-])c1. The van der Waals surface area contributed by atoms with Crippen LogP contribution in [0, 0.1) is 5.21 Å². The maximum Gasteiger partial charge on any atom is 0.344 e. The number of aromatic nitrogens is 1. The van der Waals surface area contributed by atoms with Gasteiger partial charge in [0, 0.05) is 6.07 Å². The highest BCUT2D eigenvalue weighted by Gasteiger charge is 2.08. The average molecular weight is 179 g/mol. The number of nitrogens with zero attached hydrogens (tertiary/aromatic N) is 1. The predicted molar refractivity (Wildman–Crippen MR) is 45.9 cm³/mol. The van der Waals surface area contributed by atoms with Gasteiger partial charge in [-0.3, -0.25) is 0 Å². The van der Waals surface area contributed by atoms with Crippen molar-refractivity contribution in [3.05, 3.63) is 48.0 Å². The molecular formula is C9H9NO3. The highest BCUT2D eigenvalue weighted by Crippen LogP contribution is 1.97. The van der Waals surface area contributed by atoms with Crippen molar-refractivity contribution < 1.29 is 14.3 Å². The van der Waals surface area contributed by atoms with Crippen molar-refractivity contribution in [2.45, 2.75) is 0 Å². The summed E-state index contributed by atoms with van der Waals surface area (Å²) in [5.74, 6) is -0.523. The molecule has 1 rings (SSSR count). The maximum absolute atomic E-state index is 11.1. The Hall–Kier alpha value is -1.84. The van der Waals surface area contributed by atoms with Crippen molar-refractivity contribution in [2.24, 2.45) is 0 Å². The Labute approximate surface area is 75.7 Å². The van der Waals surface area contributed by atoms with Gasteiger partial charge in [0.1, 0.15) is 12.2 Å². The first-order chi connectivity index (χ1) is 6.24. The van der Waals surface area contributed by atoms with Crippen molar-refractivity contribution in [1.82, 2.24) is 0 Å². The second-order valence-corrected chi connectivity index (χ2v) is 2.34. The zero-order valence-electron chi connectivity index (χ0n) is 6.97. The molecule has 0 atom stereocenters. The maximum atomic E-state index is 11.1. The highest BCUT2D eigenvalue weighted by molar-refractivity contribution is 5.88. The minimum absolute atomic E-state index is 0.145. The molecule has 1 heterocycles. The second-order valence-electron chi connectivity index (χ2n) is 2.34. The molecule has 0 aliphatic rings. The molecule has 0 bridgehead atoms. The lowest BCUT2D eigenvalue weighted by atomic mass is 10.3. The standard InChI is InChI=1S/C9H9NO3/c1-2-6-13-9(11)8-4-3-5-10(12)7-8/h2-5,7H,1,6H2. The lowest BCUT2D eigenvalue weighted by Gasteiger charge is -2.00. The third-order valence-corrected chi connectivity index (χ3v) is 1.34. The fourth-order valence-electron chi connectivity index (χ4n) is 0.793. The van der Waals surface area contributed by atoms with E-state index in [0.29, 0.717) is 4.73 Å². The number of carbonyl (C=O) groups is 1. The number of ether oxygens (including phenoxy) is 1. The third-order valence-electron chi connectivity index (χ3n) is 1.34. The summed E-state index contributed by atoms with van der Waals surface area (Å²) < 4.78 is 5.27. The van der Waals surface area contributed by atoms with Crippen LogP contribution in [0.1, 0.15) is 10.4 Å². The van der Waals surface area contributed by atoms with Crippen LogP contribution in [0.5, 0.6) is 0 Å². The van der Waals surface area contributed by atoms with Crippen molar-refractivity contribution in [3.8, 4) is 0 Å². The molecule has 0 aliphatic heterocycles. The van der Waals surface area contributed by atoms with Crippen LogP contribution in [0.2, 0.25) is 0 Å². The molecule has 0 aliphatic carbocycles. The van der Waals surface area contributed by atoms with Gasteiger partial charge in [-0.2, -0.15) is 4.73 Å². The molecule has 0 fully saturated rings. The van der Waals surface area contributed by atoms with Gasteiger partial charge in [0.15, 0.2) is 12.4 Å². The molecule has 1 aromatic heterocycles. The molecule has 0 aromatic carbocycles. The highest BCUT2D eigenvalue weighted by atomic mass is 16.5. The summed E-state index contributed by atoms with van der Waals surface area (Å²) in [5, 5.41) is 10.8. The van der Waals surface area contributed by atoms with Crippen molar-refractivity contribution in [1.29, 1.82) is 0 Å². The van der Waals surface area contributed by atoms with Gasteiger partial charge in [-0.15, -0.1) is 0 Å². The molecule has 13 heavy (non-hydrogen) atoms. The van der Waals surface area contributed by atoms with Crippen LogP contribution in [-0.4, -0.2) is 12.6 Å². The third kappa shape index (κ3) is 2.59. The molecule has 0 radical (unpaired) electrons. The predicted octanol–water partition coefficient (Wildman–Crippen LogP) is 0.663. The van der Waals surface area contributed by atoms with E-state index < -0.39 is 5.97 Å². The Balaban J connectivity index is 2.71. The Bertz CT molecular complexity index is 322. The van der Waals surface area contributed by atoms with E-state index in [1.54, 1.807) is 0 Å². The minimum atomic E-state index is -0.523. The van der Waals surface area contributed by atoms with Crippen LogP contribution in [0.4, 0.5) is 0 Å². The van der Waals surface area contributed by atoms with E-state index in [1.165, 1.54) is 24.4 Å². The zero-order valence-corrected chi connectivity index (χ0v) is 6.97. The summed E-state index contributed by atoms with van der Waals surface area (Å²) in [6, 6.07) is 3.00. The van der Waals surface area contributed by atoms with Gasteiger partial charge in [0.25, 0.3) is 0 Å². The summed E-state index contributed by atoms with van der Waals surface area (Å²) in [7, 11) is 0. The van der Waals surface area contributed by atoms with E-state index in [4.69, 9.17) is 4.74 Å². The van der Waals surface area contributed by atoms with Gasteiger partial charge in [-0.25, -0.2) is 4.79 Å². The first-order valence-electron chi connectivity index (χ1n) is 3.71.